The number of carbonyl (C=O) groups is 2. The van der Waals surface area contributed by atoms with E-state index in [-0.39, 0.29) is 11.8 Å². The third-order valence-electron chi connectivity index (χ3n) is 5.07. The maximum absolute atomic E-state index is 12.8. The van der Waals surface area contributed by atoms with Gasteiger partial charge in [0, 0.05) is 69.4 Å². The van der Waals surface area contributed by atoms with Crippen LogP contribution in [0.25, 0.3) is 0 Å². The van der Waals surface area contributed by atoms with E-state index in [2.05, 4.69) is 20.4 Å². The molecule has 29 heavy (non-hydrogen) atoms. The Labute approximate surface area is 168 Å². The van der Waals surface area contributed by atoms with Gasteiger partial charge < -0.3 is 10.2 Å². The maximum Gasteiger partial charge on any atom is 0.269 e. The first-order valence-electron chi connectivity index (χ1n) is 9.55. The van der Waals surface area contributed by atoms with Crippen LogP contribution < -0.4 is 5.32 Å². The van der Waals surface area contributed by atoms with E-state index in [0.717, 1.165) is 23.4 Å². The molecule has 1 N–H and O–H groups in total. The molecule has 0 saturated carbocycles. The van der Waals surface area contributed by atoms with Gasteiger partial charge in [0.15, 0.2) is 0 Å². The molecule has 8 heteroatoms. The molecule has 4 heterocycles. The van der Waals surface area contributed by atoms with Crippen molar-refractivity contribution in [2.75, 3.05) is 13.1 Å². The highest BCUT2D eigenvalue weighted by molar-refractivity contribution is 5.94. The molecule has 0 aromatic carbocycles. The fraction of sp³-hybridized carbons (Fsp3) is 0.286. The Balaban J connectivity index is 1.43. The molecule has 4 rings (SSSR count). The SMILES string of the molecule is Cn1nc(CCNC(=O)c2ccccn2)c2c1CCN(C(=O)c1cccnc1)C2. The van der Waals surface area contributed by atoms with Crippen LogP contribution in [0.15, 0.2) is 48.9 Å². The number of nitrogens with zero attached hydrogens (tertiary/aromatic N) is 5. The van der Waals surface area contributed by atoms with Gasteiger partial charge in [0.1, 0.15) is 5.69 Å². The van der Waals surface area contributed by atoms with Crippen molar-refractivity contribution < 1.29 is 9.59 Å². The summed E-state index contributed by atoms with van der Waals surface area (Å²) in [6.45, 7) is 1.62. The van der Waals surface area contributed by atoms with Crippen LogP contribution in [0.1, 0.15) is 37.8 Å². The molecule has 0 saturated heterocycles. The molecule has 3 aromatic rings. The van der Waals surface area contributed by atoms with Gasteiger partial charge in [-0.15, -0.1) is 0 Å². The molecule has 1 aliphatic heterocycles. The maximum atomic E-state index is 12.8. The van der Waals surface area contributed by atoms with E-state index < -0.39 is 0 Å². The zero-order chi connectivity index (χ0) is 20.2. The molecule has 1 aliphatic rings. The van der Waals surface area contributed by atoms with Gasteiger partial charge in [0.05, 0.1) is 11.3 Å². The summed E-state index contributed by atoms with van der Waals surface area (Å²) in [5.41, 5.74) is 4.11. The molecule has 0 aliphatic carbocycles. The highest BCUT2D eigenvalue weighted by Gasteiger charge is 2.27. The zero-order valence-electron chi connectivity index (χ0n) is 16.2. The van der Waals surface area contributed by atoms with E-state index in [1.807, 2.05) is 16.6 Å². The lowest BCUT2D eigenvalue weighted by Gasteiger charge is -2.27. The van der Waals surface area contributed by atoms with Crippen LogP contribution >= 0.6 is 0 Å². The van der Waals surface area contributed by atoms with Gasteiger partial charge in [-0.25, -0.2) is 0 Å². The molecule has 0 fully saturated rings. The van der Waals surface area contributed by atoms with Crippen molar-refractivity contribution in [3.05, 3.63) is 77.1 Å². The second-order valence-corrected chi connectivity index (χ2v) is 6.93. The van der Waals surface area contributed by atoms with Gasteiger partial charge in [0.2, 0.25) is 0 Å². The van der Waals surface area contributed by atoms with Crippen LogP contribution in [-0.4, -0.2) is 49.6 Å². The van der Waals surface area contributed by atoms with Crippen LogP contribution in [-0.2, 0) is 26.4 Å². The highest BCUT2D eigenvalue weighted by atomic mass is 16.2. The number of hydrogen-bond donors (Lipinski definition) is 1. The molecular weight excluding hydrogens is 368 g/mol. The topological polar surface area (TPSA) is 93.0 Å². The number of aryl methyl sites for hydroxylation is 1. The lowest BCUT2D eigenvalue weighted by atomic mass is 10.0. The minimum atomic E-state index is -0.205. The standard InChI is InChI=1S/C21H22N6O2/c1-26-19-8-12-27(21(29)15-5-4-9-22-13-15)14-16(19)17(25-26)7-11-24-20(28)18-6-2-3-10-23-18/h2-6,9-10,13H,7-8,11-12,14H2,1H3,(H,24,28). The first-order valence-corrected chi connectivity index (χ1v) is 9.55. The number of fused-ring (bicyclic) bond motifs is 1. The van der Waals surface area contributed by atoms with Crippen LogP contribution in [0.4, 0.5) is 0 Å². The quantitative estimate of drug-likeness (QED) is 0.711. The van der Waals surface area contributed by atoms with Crippen LogP contribution in [0.5, 0.6) is 0 Å². The Morgan fingerprint density at radius 1 is 1.17 bits per heavy atom. The van der Waals surface area contributed by atoms with Crippen molar-refractivity contribution in [1.29, 1.82) is 0 Å². The van der Waals surface area contributed by atoms with E-state index in [4.69, 9.17) is 0 Å². The molecule has 0 unspecified atom stereocenters. The number of rotatable bonds is 5. The van der Waals surface area contributed by atoms with E-state index >= 15 is 0 Å². The number of aromatic nitrogens is 4. The molecule has 0 spiro atoms. The van der Waals surface area contributed by atoms with Gasteiger partial charge in [0.25, 0.3) is 11.8 Å². The van der Waals surface area contributed by atoms with Crippen LogP contribution in [0.2, 0.25) is 0 Å². The Kier molecular flexibility index (Phi) is 5.33. The third-order valence-corrected chi connectivity index (χ3v) is 5.07. The van der Waals surface area contributed by atoms with Crippen molar-refractivity contribution in [3.8, 4) is 0 Å². The fourth-order valence-corrected chi connectivity index (χ4v) is 3.60. The van der Waals surface area contributed by atoms with Crippen LogP contribution in [0.3, 0.4) is 0 Å². The Bertz CT molecular complexity index is 1020. The Hall–Kier alpha value is -3.55. The Morgan fingerprint density at radius 2 is 2.07 bits per heavy atom. The third kappa shape index (κ3) is 4.01. The first-order chi connectivity index (χ1) is 14.1. The first kappa shape index (κ1) is 18.8. The summed E-state index contributed by atoms with van der Waals surface area (Å²) in [7, 11) is 1.92. The van der Waals surface area contributed by atoms with Gasteiger partial charge in [-0.3, -0.25) is 24.2 Å². The van der Waals surface area contributed by atoms with E-state index in [1.54, 1.807) is 48.9 Å². The number of hydrogen-bond acceptors (Lipinski definition) is 5. The van der Waals surface area contributed by atoms with Crippen molar-refractivity contribution in [1.82, 2.24) is 30.0 Å². The summed E-state index contributed by atoms with van der Waals surface area (Å²) in [4.78, 5) is 34.9. The number of nitrogens with one attached hydrogen (secondary N) is 1. The van der Waals surface area contributed by atoms with Crippen molar-refractivity contribution in [2.24, 2.45) is 7.05 Å². The average molecular weight is 390 g/mol. The van der Waals surface area contributed by atoms with Crippen LogP contribution in [0, 0.1) is 0 Å². The van der Waals surface area contributed by atoms with Crippen molar-refractivity contribution in [3.63, 3.8) is 0 Å². The molecule has 148 valence electrons. The lowest BCUT2D eigenvalue weighted by Crippen LogP contribution is -2.36. The van der Waals surface area contributed by atoms with Gasteiger partial charge >= 0.3 is 0 Å². The molecule has 3 aromatic heterocycles. The smallest absolute Gasteiger partial charge is 0.269 e. The minimum Gasteiger partial charge on any atom is -0.350 e. The molecule has 0 atom stereocenters. The predicted molar refractivity (Wildman–Crippen MR) is 106 cm³/mol. The minimum absolute atomic E-state index is 0.0259. The average Bonchev–Trinajstić information content (AvgIpc) is 3.09. The molecule has 0 radical (unpaired) electrons. The van der Waals surface area contributed by atoms with Gasteiger partial charge in [-0.05, 0) is 24.3 Å². The van der Waals surface area contributed by atoms with Crippen molar-refractivity contribution >= 4 is 11.8 Å². The second-order valence-electron chi connectivity index (χ2n) is 6.93. The molecule has 2 amide bonds. The summed E-state index contributed by atoms with van der Waals surface area (Å²) in [5, 5.41) is 7.51. The predicted octanol–water partition coefficient (Wildman–Crippen LogP) is 1.38. The van der Waals surface area contributed by atoms with E-state index in [1.165, 1.54) is 0 Å². The summed E-state index contributed by atoms with van der Waals surface area (Å²) in [6, 6.07) is 8.78. The van der Waals surface area contributed by atoms with Gasteiger partial charge in [-0.1, -0.05) is 6.07 Å². The zero-order valence-corrected chi connectivity index (χ0v) is 16.2. The summed E-state index contributed by atoms with van der Waals surface area (Å²) < 4.78 is 1.89. The molecular formula is C21H22N6O2. The fourth-order valence-electron chi connectivity index (χ4n) is 3.60. The van der Waals surface area contributed by atoms with E-state index in [9.17, 15) is 9.59 Å². The van der Waals surface area contributed by atoms with Gasteiger partial charge in [-0.2, -0.15) is 5.10 Å². The van der Waals surface area contributed by atoms with Crippen molar-refractivity contribution in [2.45, 2.75) is 19.4 Å². The number of amides is 2. The number of pyridine rings is 2. The molecule has 8 nitrogen and oxygen atoms in total. The Morgan fingerprint density at radius 3 is 2.83 bits per heavy atom. The largest absolute Gasteiger partial charge is 0.350 e. The second kappa shape index (κ2) is 8.22. The summed E-state index contributed by atoms with van der Waals surface area (Å²) in [6.07, 6.45) is 6.19. The normalized spacial score (nSPS) is 13.1. The van der Waals surface area contributed by atoms with E-state index in [0.29, 0.717) is 37.3 Å². The lowest BCUT2D eigenvalue weighted by molar-refractivity contribution is 0.0732. The number of carbonyl (C=O) groups excluding carboxylic acids is 2. The summed E-state index contributed by atoms with van der Waals surface area (Å²) in [5.74, 6) is -0.231. The monoisotopic (exact) mass is 390 g/mol. The molecule has 0 bridgehead atoms. The summed E-state index contributed by atoms with van der Waals surface area (Å²) >= 11 is 0. The highest BCUT2D eigenvalue weighted by Crippen LogP contribution is 2.23.